The Hall–Kier alpha value is -4.27. The van der Waals surface area contributed by atoms with Crippen LogP contribution in [0.4, 0.5) is 11.4 Å². The second-order valence-corrected chi connectivity index (χ2v) is 7.70. The lowest BCUT2D eigenvalue weighted by Crippen LogP contribution is -2.21. The van der Waals surface area contributed by atoms with E-state index in [9.17, 15) is 19.7 Å². The number of anilines is 1. The summed E-state index contributed by atoms with van der Waals surface area (Å²) in [5, 5.41) is 17.8. The molecule has 0 bridgehead atoms. The molecule has 0 saturated heterocycles. The average Bonchev–Trinajstić information content (AvgIpc) is 3.23. The SMILES string of the molecule is Cc1cc(C)c(NC(=O)CCC(=O)NN=Cc2cccn2-c2cccc([N+](=O)[O-])c2)c(C)c1. The third kappa shape index (κ3) is 6.13. The number of aryl methyl sites for hydroxylation is 3. The molecule has 0 aliphatic carbocycles. The van der Waals surface area contributed by atoms with Gasteiger partial charge in [-0.2, -0.15) is 5.10 Å². The highest BCUT2D eigenvalue weighted by Gasteiger charge is 2.11. The fourth-order valence-corrected chi connectivity index (χ4v) is 3.52. The minimum absolute atomic E-state index is 0.0149. The van der Waals surface area contributed by atoms with Crippen molar-refractivity contribution >= 4 is 29.4 Å². The van der Waals surface area contributed by atoms with E-state index in [-0.39, 0.29) is 24.4 Å². The summed E-state index contributed by atoms with van der Waals surface area (Å²) in [5.41, 5.74) is 7.45. The molecule has 3 rings (SSSR count). The van der Waals surface area contributed by atoms with Gasteiger partial charge >= 0.3 is 0 Å². The summed E-state index contributed by atoms with van der Waals surface area (Å²) in [6.07, 6.45) is 3.19. The van der Waals surface area contributed by atoms with Crippen molar-refractivity contribution in [2.45, 2.75) is 33.6 Å². The van der Waals surface area contributed by atoms with Crippen LogP contribution in [0.3, 0.4) is 0 Å². The molecular weight excluding hydrogens is 422 g/mol. The van der Waals surface area contributed by atoms with Crippen LogP contribution in [0.15, 0.2) is 59.8 Å². The van der Waals surface area contributed by atoms with Gasteiger partial charge in [-0.15, -0.1) is 0 Å². The highest BCUT2D eigenvalue weighted by Crippen LogP contribution is 2.22. The lowest BCUT2D eigenvalue weighted by atomic mass is 10.0. The van der Waals surface area contributed by atoms with Gasteiger partial charge in [-0.3, -0.25) is 19.7 Å². The highest BCUT2D eigenvalue weighted by molar-refractivity contribution is 5.94. The van der Waals surface area contributed by atoms with E-state index in [0.717, 1.165) is 22.4 Å². The Bertz CT molecular complexity index is 1210. The van der Waals surface area contributed by atoms with Gasteiger partial charge in [0.2, 0.25) is 11.8 Å². The maximum atomic E-state index is 12.3. The molecular formula is C24H25N5O4. The van der Waals surface area contributed by atoms with Crippen LogP contribution in [-0.2, 0) is 9.59 Å². The number of carbonyl (C=O) groups is 2. The number of non-ortho nitro benzene ring substituents is 1. The van der Waals surface area contributed by atoms with Crippen LogP contribution in [0.1, 0.15) is 35.2 Å². The zero-order chi connectivity index (χ0) is 24.0. The van der Waals surface area contributed by atoms with Crippen molar-refractivity contribution in [2.24, 2.45) is 5.10 Å². The maximum absolute atomic E-state index is 12.3. The molecule has 2 aromatic carbocycles. The molecule has 9 heteroatoms. The number of nitrogens with one attached hydrogen (secondary N) is 2. The number of nitro groups is 1. The minimum atomic E-state index is -0.460. The number of rotatable bonds is 8. The molecule has 0 spiro atoms. The second-order valence-electron chi connectivity index (χ2n) is 7.70. The average molecular weight is 447 g/mol. The van der Waals surface area contributed by atoms with Crippen molar-refractivity contribution in [3.05, 3.63) is 87.2 Å². The minimum Gasteiger partial charge on any atom is -0.326 e. The summed E-state index contributed by atoms with van der Waals surface area (Å²) in [6.45, 7) is 5.86. The van der Waals surface area contributed by atoms with E-state index in [0.29, 0.717) is 11.4 Å². The molecule has 0 aliphatic heterocycles. The Morgan fingerprint density at radius 2 is 1.73 bits per heavy atom. The molecule has 2 amide bonds. The zero-order valence-electron chi connectivity index (χ0n) is 18.7. The summed E-state index contributed by atoms with van der Waals surface area (Å²) in [6, 6.07) is 13.7. The van der Waals surface area contributed by atoms with Gasteiger partial charge in [-0.05, 0) is 50.1 Å². The number of amides is 2. The molecule has 0 saturated carbocycles. The largest absolute Gasteiger partial charge is 0.326 e. The number of hydrazone groups is 1. The standard InChI is InChI=1S/C24H25N5O4/c1-16-12-17(2)24(18(3)13-16)26-22(30)9-10-23(31)27-25-15-21-8-5-11-28(21)19-6-4-7-20(14-19)29(32)33/h4-8,11-15H,9-10H2,1-3H3,(H,26,30)(H,27,31). The predicted octanol–water partition coefficient (Wildman–Crippen LogP) is 4.18. The molecule has 0 aliphatic rings. The van der Waals surface area contributed by atoms with Gasteiger partial charge in [-0.1, -0.05) is 23.8 Å². The van der Waals surface area contributed by atoms with E-state index in [2.05, 4.69) is 15.8 Å². The molecule has 0 fully saturated rings. The highest BCUT2D eigenvalue weighted by atomic mass is 16.6. The van der Waals surface area contributed by atoms with Crippen LogP contribution in [0, 0.1) is 30.9 Å². The van der Waals surface area contributed by atoms with Crippen LogP contribution >= 0.6 is 0 Å². The van der Waals surface area contributed by atoms with Crippen molar-refractivity contribution in [1.29, 1.82) is 0 Å². The van der Waals surface area contributed by atoms with Crippen LogP contribution in [-0.4, -0.2) is 27.5 Å². The summed E-state index contributed by atoms with van der Waals surface area (Å²) in [4.78, 5) is 34.9. The van der Waals surface area contributed by atoms with Gasteiger partial charge in [0.25, 0.3) is 5.69 Å². The molecule has 1 aromatic heterocycles. The molecule has 170 valence electrons. The maximum Gasteiger partial charge on any atom is 0.271 e. The van der Waals surface area contributed by atoms with Crippen LogP contribution in [0.2, 0.25) is 0 Å². The number of carbonyl (C=O) groups excluding carboxylic acids is 2. The fraction of sp³-hybridized carbons (Fsp3) is 0.208. The van der Waals surface area contributed by atoms with Gasteiger partial charge in [0.15, 0.2) is 0 Å². The zero-order valence-corrected chi connectivity index (χ0v) is 18.7. The topological polar surface area (TPSA) is 119 Å². The van der Waals surface area contributed by atoms with Crippen molar-refractivity contribution in [1.82, 2.24) is 9.99 Å². The van der Waals surface area contributed by atoms with Crippen molar-refractivity contribution in [3.8, 4) is 5.69 Å². The smallest absolute Gasteiger partial charge is 0.271 e. The van der Waals surface area contributed by atoms with Crippen LogP contribution in [0.5, 0.6) is 0 Å². The number of hydrogen-bond donors (Lipinski definition) is 2. The predicted molar refractivity (Wildman–Crippen MR) is 127 cm³/mol. The first kappa shape index (κ1) is 23.4. The molecule has 33 heavy (non-hydrogen) atoms. The van der Waals surface area contributed by atoms with Crippen molar-refractivity contribution in [2.75, 3.05) is 5.32 Å². The summed E-state index contributed by atoms with van der Waals surface area (Å²) in [5.74, 6) is -0.643. The Kier molecular flexibility index (Phi) is 7.34. The number of benzene rings is 2. The van der Waals surface area contributed by atoms with E-state index < -0.39 is 10.8 Å². The third-order valence-electron chi connectivity index (χ3n) is 5.01. The number of aromatic nitrogens is 1. The van der Waals surface area contributed by atoms with Gasteiger partial charge in [0.05, 0.1) is 22.5 Å². The van der Waals surface area contributed by atoms with Gasteiger partial charge in [-0.25, -0.2) is 5.43 Å². The van der Waals surface area contributed by atoms with Crippen LogP contribution < -0.4 is 10.7 Å². The molecule has 0 atom stereocenters. The Morgan fingerprint density at radius 3 is 2.42 bits per heavy atom. The molecule has 0 unspecified atom stereocenters. The van der Waals surface area contributed by atoms with E-state index >= 15 is 0 Å². The normalized spacial score (nSPS) is 10.9. The number of hydrogen-bond acceptors (Lipinski definition) is 5. The molecule has 0 radical (unpaired) electrons. The Labute approximate surface area is 191 Å². The molecule has 1 heterocycles. The lowest BCUT2D eigenvalue weighted by Gasteiger charge is -2.12. The summed E-state index contributed by atoms with van der Waals surface area (Å²) < 4.78 is 1.71. The van der Waals surface area contributed by atoms with E-state index in [1.165, 1.54) is 18.3 Å². The fourth-order valence-electron chi connectivity index (χ4n) is 3.52. The monoisotopic (exact) mass is 447 g/mol. The van der Waals surface area contributed by atoms with Gasteiger partial charge in [0.1, 0.15) is 0 Å². The van der Waals surface area contributed by atoms with Crippen LogP contribution in [0.25, 0.3) is 5.69 Å². The molecule has 9 nitrogen and oxygen atoms in total. The number of nitro benzene ring substituents is 1. The van der Waals surface area contributed by atoms with Gasteiger partial charge in [0, 0.05) is 36.9 Å². The van der Waals surface area contributed by atoms with Gasteiger partial charge < -0.3 is 9.88 Å². The first-order valence-corrected chi connectivity index (χ1v) is 10.4. The second kappa shape index (κ2) is 10.4. The number of nitrogens with zero attached hydrogens (tertiary/aromatic N) is 3. The molecule has 2 N–H and O–H groups in total. The lowest BCUT2D eigenvalue weighted by molar-refractivity contribution is -0.384. The Morgan fingerprint density at radius 1 is 1.03 bits per heavy atom. The molecule has 3 aromatic rings. The first-order valence-electron chi connectivity index (χ1n) is 10.4. The van der Waals surface area contributed by atoms with E-state index in [4.69, 9.17) is 0 Å². The van der Waals surface area contributed by atoms with Crippen molar-refractivity contribution in [3.63, 3.8) is 0 Å². The van der Waals surface area contributed by atoms with E-state index in [1.807, 2.05) is 32.9 Å². The summed E-state index contributed by atoms with van der Waals surface area (Å²) in [7, 11) is 0. The van der Waals surface area contributed by atoms with Crippen molar-refractivity contribution < 1.29 is 14.5 Å². The first-order chi connectivity index (χ1) is 15.7. The quantitative estimate of drug-likeness (QED) is 0.306. The third-order valence-corrected chi connectivity index (χ3v) is 5.01. The van der Waals surface area contributed by atoms with E-state index in [1.54, 1.807) is 35.0 Å². The summed E-state index contributed by atoms with van der Waals surface area (Å²) >= 11 is 0. The Balaban J connectivity index is 1.54.